The molecule has 0 aliphatic heterocycles. The fourth-order valence-electron chi connectivity index (χ4n) is 3.68. The zero-order valence-electron chi connectivity index (χ0n) is 16.0. The average molecular weight is 350 g/mol. The molecule has 3 aromatic rings. The lowest BCUT2D eigenvalue weighted by molar-refractivity contribution is -0.120. The highest BCUT2D eigenvalue weighted by Crippen LogP contribution is 2.37. The molecule has 3 rings (SSSR count). The Morgan fingerprint density at radius 3 is 2.31 bits per heavy atom. The van der Waals surface area contributed by atoms with Gasteiger partial charge in [-0.1, -0.05) is 30.3 Å². The van der Waals surface area contributed by atoms with Crippen LogP contribution in [0.5, 0.6) is 0 Å². The minimum Gasteiger partial charge on any atom is -0.368 e. The summed E-state index contributed by atoms with van der Waals surface area (Å²) in [5.74, 6) is -0.374. The van der Waals surface area contributed by atoms with Crippen LogP contribution in [0.2, 0.25) is 0 Å². The van der Waals surface area contributed by atoms with Gasteiger partial charge in [-0.2, -0.15) is 0 Å². The van der Waals surface area contributed by atoms with Crippen molar-refractivity contribution in [1.82, 2.24) is 14.1 Å². The molecule has 2 N–H and O–H groups in total. The van der Waals surface area contributed by atoms with Gasteiger partial charge in [-0.3, -0.25) is 4.79 Å². The van der Waals surface area contributed by atoms with Gasteiger partial charge in [0.1, 0.15) is 6.04 Å². The summed E-state index contributed by atoms with van der Waals surface area (Å²) in [5, 5.41) is 0. The van der Waals surface area contributed by atoms with Crippen molar-refractivity contribution in [1.29, 1.82) is 0 Å². The lowest BCUT2D eigenvalue weighted by atomic mass is 10.0. The van der Waals surface area contributed by atoms with E-state index in [1.54, 1.807) is 6.33 Å². The van der Waals surface area contributed by atoms with Gasteiger partial charge in [0, 0.05) is 28.6 Å². The average Bonchev–Trinajstić information content (AvgIpc) is 3.15. The van der Waals surface area contributed by atoms with Gasteiger partial charge in [0.2, 0.25) is 5.91 Å². The van der Waals surface area contributed by atoms with Crippen LogP contribution >= 0.6 is 0 Å². The number of rotatable bonds is 5. The maximum atomic E-state index is 11.9. The fraction of sp³-hybridized carbons (Fsp3) is 0.333. The summed E-state index contributed by atoms with van der Waals surface area (Å²) in [6.45, 7) is 10.4. The number of aryl methyl sites for hydroxylation is 1. The van der Waals surface area contributed by atoms with Crippen LogP contribution in [0.25, 0.3) is 22.5 Å². The lowest BCUT2D eigenvalue weighted by Gasteiger charge is -2.17. The van der Waals surface area contributed by atoms with Crippen LogP contribution < -0.4 is 5.73 Å². The monoisotopic (exact) mass is 350 g/mol. The van der Waals surface area contributed by atoms with Crippen LogP contribution in [0.15, 0.2) is 42.7 Å². The lowest BCUT2D eigenvalue weighted by Crippen LogP contribution is -2.24. The van der Waals surface area contributed by atoms with Crippen LogP contribution in [0, 0.1) is 13.8 Å². The van der Waals surface area contributed by atoms with E-state index in [1.165, 1.54) is 5.69 Å². The van der Waals surface area contributed by atoms with Gasteiger partial charge < -0.3 is 14.9 Å². The quantitative estimate of drug-likeness (QED) is 0.747. The van der Waals surface area contributed by atoms with Crippen molar-refractivity contribution in [3.8, 4) is 22.5 Å². The van der Waals surface area contributed by atoms with Crippen molar-refractivity contribution in [2.24, 2.45) is 5.73 Å². The van der Waals surface area contributed by atoms with Crippen molar-refractivity contribution >= 4 is 5.91 Å². The predicted molar refractivity (Wildman–Crippen MR) is 105 cm³/mol. The molecule has 0 bridgehead atoms. The van der Waals surface area contributed by atoms with E-state index in [1.807, 2.05) is 41.8 Å². The first-order chi connectivity index (χ1) is 12.3. The fourth-order valence-corrected chi connectivity index (χ4v) is 3.68. The molecule has 2 heterocycles. The number of amides is 1. The summed E-state index contributed by atoms with van der Waals surface area (Å²) in [5.41, 5.74) is 11.8. The molecule has 0 saturated carbocycles. The minimum atomic E-state index is -0.475. The zero-order valence-corrected chi connectivity index (χ0v) is 16.0. The number of carbonyl (C=O) groups is 1. The third kappa shape index (κ3) is 2.94. The number of hydrogen-bond acceptors (Lipinski definition) is 2. The van der Waals surface area contributed by atoms with Gasteiger partial charge in [-0.25, -0.2) is 4.98 Å². The second kappa shape index (κ2) is 6.83. The molecule has 0 fully saturated rings. The summed E-state index contributed by atoms with van der Waals surface area (Å²) >= 11 is 0. The number of aromatic nitrogens is 3. The standard InChI is InChI=1S/C21H26N4O/c1-13(2)25-14(3)11-18(15(25)4)20-19(17-9-7-6-8-10-17)23-12-24(20)16(5)21(22)26/h6-13,16H,1-5H3,(H2,22,26)/t16-/m1/s1. The number of primary amides is 1. The highest BCUT2D eigenvalue weighted by atomic mass is 16.1. The first-order valence-corrected chi connectivity index (χ1v) is 8.93. The van der Waals surface area contributed by atoms with E-state index in [2.05, 4.69) is 43.3 Å². The van der Waals surface area contributed by atoms with Crippen LogP contribution in [0.1, 0.15) is 44.2 Å². The molecule has 5 nitrogen and oxygen atoms in total. The molecule has 0 aliphatic rings. The Morgan fingerprint density at radius 2 is 1.77 bits per heavy atom. The topological polar surface area (TPSA) is 65.8 Å². The maximum Gasteiger partial charge on any atom is 0.240 e. The molecular formula is C21H26N4O. The molecule has 0 saturated heterocycles. The maximum absolute atomic E-state index is 11.9. The van der Waals surface area contributed by atoms with Crippen molar-refractivity contribution in [3.05, 3.63) is 54.1 Å². The van der Waals surface area contributed by atoms with Gasteiger partial charge in [-0.05, 0) is 40.7 Å². The Hall–Kier alpha value is -2.82. The summed E-state index contributed by atoms with van der Waals surface area (Å²) in [6.07, 6.45) is 1.72. The molecule has 1 atom stereocenters. The Labute approximate surface area is 154 Å². The van der Waals surface area contributed by atoms with Crippen molar-refractivity contribution in [3.63, 3.8) is 0 Å². The van der Waals surface area contributed by atoms with E-state index in [9.17, 15) is 4.79 Å². The number of benzene rings is 1. The van der Waals surface area contributed by atoms with Crippen molar-refractivity contribution < 1.29 is 4.79 Å². The van der Waals surface area contributed by atoms with E-state index < -0.39 is 6.04 Å². The van der Waals surface area contributed by atoms with Gasteiger partial charge >= 0.3 is 0 Å². The van der Waals surface area contributed by atoms with E-state index in [-0.39, 0.29) is 5.91 Å². The molecule has 1 aromatic carbocycles. The van der Waals surface area contributed by atoms with Crippen molar-refractivity contribution in [2.45, 2.75) is 46.7 Å². The predicted octanol–water partition coefficient (Wildman–Crippen LogP) is 4.26. The van der Waals surface area contributed by atoms with Gasteiger partial charge in [-0.15, -0.1) is 0 Å². The second-order valence-corrected chi connectivity index (χ2v) is 7.04. The highest BCUT2D eigenvalue weighted by Gasteiger charge is 2.24. The van der Waals surface area contributed by atoms with E-state index in [0.717, 1.165) is 28.2 Å². The zero-order chi connectivity index (χ0) is 19.0. The molecule has 26 heavy (non-hydrogen) atoms. The molecule has 5 heteroatoms. The minimum absolute atomic E-state index is 0.355. The van der Waals surface area contributed by atoms with E-state index in [0.29, 0.717) is 6.04 Å². The van der Waals surface area contributed by atoms with Gasteiger partial charge in [0.15, 0.2) is 0 Å². The third-order valence-electron chi connectivity index (χ3n) is 4.93. The van der Waals surface area contributed by atoms with Crippen LogP contribution in [-0.2, 0) is 4.79 Å². The van der Waals surface area contributed by atoms with Crippen molar-refractivity contribution in [2.75, 3.05) is 0 Å². The molecule has 2 aromatic heterocycles. The first-order valence-electron chi connectivity index (χ1n) is 8.93. The summed E-state index contributed by atoms with van der Waals surface area (Å²) < 4.78 is 4.19. The summed E-state index contributed by atoms with van der Waals surface area (Å²) in [6, 6.07) is 12.1. The van der Waals surface area contributed by atoms with E-state index >= 15 is 0 Å². The first kappa shape index (κ1) is 18.0. The Kier molecular flexibility index (Phi) is 4.72. The summed E-state index contributed by atoms with van der Waals surface area (Å²) in [7, 11) is 0. The molecule has 0 radical (unpaired) electrons. The Bertz CT molecular complexity index is 935. The number of imidazole rings is 1. The number of carbonyl (C=O) groups excluding carboxylic acids is 1. The van der Waals surface area contributed by atoms with E-state index in [4.69, 9.17) is 5.73 Å². The van der Waals surface area contributed by atoms with Crippen LogP contribution in [0.3, 0.4) is 0 Å². The number of nitrogens with zero attached hydrogens (tertiary/aromatic N) is 3. The van der Waals surface area contributed by atoms with Gasteiger partial charge in [0.05, 0.1) is 17.7 Å². The van der Waals surface area contributed by atoms with Gasteiger partial charge in [0.25, 0.3) is 0 Å². The smallest absolute Gasteiger partial charge is 0.240 e. The number of nitrogens with two attached hydrogens (primary N) is 1. The number of hydrogen-bond donors (Lipinski definition) is 1. The molecular weight excluding hydrogens is 324 g/mol. The summed E-state index contributed by atoms with van der Waals surface area (Å²) in [4.78, 5) is 16.5. The SMILES string of the molecule is Cc1cc(-c2c(-c3ccccc3)ncn2[C@H](C)C(N)=O)c(C)n1C(C)C. The van der Waals surface area contributed by atoms with Crippen LogP contribution in [-0.4, -0.2) is 20.0 Å². The molecule has 0 unspecified atom stereocenters. The third-order valence-corrected chi connectivity index (χ3v) is 4.93. The molecule has 136 valence electrons. The normalized spacial score (nSPS) is 12.5. The second-order valence-electron chi connectivity index (χ2n) is 7.04. The molecule has 0 spiro atoms. The molecule has 0 aliphatic carbocycles. The Balaban J connectivity index is 2.30. The Morgan fingerprint density at radius 1 is 1.12 bits per heavy atom. The van der Waals surface area contributed by atoms with Crippen LogP contribution in [0.4, 0.5) is 0 Å². The largest absolute Gasteiger partial charge is 0.368 e. The highest BCUT2D eigenvalue weighted by molar-refractivity contribution is 5.84. The molecule has 1 amide bonds.